The zero-order valence-electron chi connectivity index (χ0n) is 12.1. The standard InChI is InChI=1S/C16H14ClN3O2/c1-10-6-15(14(17)8-16(10)20(21)22)19-11(2)13-5-3-4-12(7-13)9-18/h3-8,11,19H,1-2H3. The molecule has 0 aliphatic rings. The van der Waals surface area contributed by atoms with Crippen molar-refractivity contribution in [2.24, 2.45) is 0 Å². The largest absolute Gasteiger partial charge is 0.377 e. The van der Waals surface area contributed by atoms with Gasteiger partial charge in [-0.1, -0.05) is 23.7 Å². The first-order valence-electron chi connectivity index (χ1n) is 6.63. The minimum atomic E-state index is -0.454. The van der Waals surface area contributed by atoms with E-state index in [-0.39, 0.29) is 11.7 Å². The highest BCUT2D eigenvalue weighted by atomic mass is 35.5. The molecule has 22 heavy (non-hydrogen) atoms. The molecule has 1 atom stereocenters. The summed E-state index contributed by atoms with van der Waals surface area (Å²) < 4.78 is 0. The molecule has 0 aromatic heterocycles. The van der Waals surface area contributed by atoms with E-state index in [4.69, 9.17) is 16.9 Å². The van der Waals surface area contributed by atoms with Crippen molar-refractivity contribution in [1.82, 2.24) is 0 Å². The summed E-state index contributed by atoms with van der Waals surface area (Å²) in [7, 11) is 0. The van der Waals surface area contributed by atoms with Crippen molar-refractivity contribution in [2.45, 2.75) is 19.9 Å². The van der Waals surface area contributed by atoms with Gasteiger partial charge in [-0.15, -0.1) is 0 Å². The first kappa shape index (κ1) is 15.8. The van der Waals surface area contributed by atoms with Gasteiger partial charge in [-0.2, -0.15) is 5.26 Å². The number of hydrogen-bond donors (Lipinski definition) is 1. The molecule has 0 aliphatic heterocycles. The van der Waals surface area contributed by atoms with Crippen molar-refractivity contribution in [3.8, 4) is 6.07 Å². The van der Waals surface area contributed by atoms with Gasteiger partial charge in [0.15, 0.2) is 0 Å². The topological polar surface area (TPSA) is 79.0 Å². The fraction of sp³-hybridized carbons (Fsp3) is 0.188. The zero-order valence-corrected chi connectivity index (χ0v) is 12.9. The highest BCUT2D eigenvalue weighted by Gasteiger charge is 2.16. The predicted molar refractivity (Wildman–Crippen MR) is 86.0 cm³/mol. The van der Waals surface area contributed by atoms with Crippen LogP contribution in [-0.4, -0.2) is 4.92 Å². The molecule has 2 aromatic rings. The molecule has 0 heterocycles. The van der Waals surface area contributed by atoms with E-state index in [1.165, 1.54) is 6.07 Å². The molecule has 112 valence electrons. The molecule has 5 nitrogen and oxygen atoms in total. The van der Waals surface area contributed by atoms with Crippen LogP contribution in [-0.2, 0) is 0 Å². The number of nitriles is 1. The maximum Gasteiger partial charge on any atom is 0.273 e. The summed E-state index contributed by atoms with van der Waals surface area (Å²) in [6, 6.07) is 12.3. The van der Waals surface area contributed by atoms with E-state index in [1.807, 2.05) is 19.1 Å². The molecule has 0 aliphatic carbocycles. The lowest BCUT2D eigenvalue weighted by atomic mass is 10.0. The van der Waals surface area contributed by atoms with Gasteiger partial charge < -0.3 is 5.32 Å². The van der Waals surface area contributed by atoms with Gasteiger partial charge >= 0.3 is 0 Å². The average molecular weight is 316 g/mol. The van der Waals surface area contributed by atoms with E-state index in [1.54, 1.807) is 25.1 Å². The van der Waals surface area contributed by atoms with E-state index < -0.39 is 4.92 Å². The van der Waals surface area contributed by atoms with E-state index in [9.17, 15) is 10.1 Å². The molecule has 0 saturated carbocycles. The molecule has 2 aromatic carbocycles. The summed E-state index contributed by atoms with van der Waals surface area (Å²) in [5.41, 5.74) is 2.67. The Morgan fingerprint density at radius 2 is 2.09 bits per heavy atom. The number of nitrogens with one attached hydrogen (secondary N) is 1. The van der Waals surface area contributed by atoms with Crippen LogP contribution in [0.5, 0.6) is 0 Å². The van der Waals surface area contributed by atoms with Crippen molar-refractivity contribution in [3.05, 3.63) is 68.2 Å². The first-order valence-corrected chi connectivity index (χ1v) is 7.01. The lowest BCUT2D eigenvalue weighted by Crippen LogP contribution is -2.08. The Hall–Kier alpha value is -2.58. The molecule has 0 radical (unpaired) electrons. The third-order valence-electron chi connectivity index (χ3n) is 3.37. The highest BCUT2D eigenvalue weighted by Crippen LogP contribution is 2.32. The molecule has 6 heteroatoms. The maximum absolute atomic E-state index is 10.9. The number of aryl methyl sites for hydroxylation is 1. The third kappa shape index (κ3) is 3.35. The molecule has 0 bridgehead atoms. The fourth-order valence-corrected chi connectivity index (χ4v) is 2.38. The molecule has 1 unspecified atom stereocenters. The number of rotatable bonds is 4. The number of halogens is 1. The predicted octanol–water partition coefficient (Wildman–Crippen LogP) is 4.60. The highest BCUT2D eigenvalue weighted by molar-refractivity contribution is 6.33. The summed E-state index contributed by atoms with van der Waals surface area (Å²) in [5, 5.41) is 23.3. The van der Waals surface area contributed by atoms with Gasteiger partial charge in [-0.3, -0.25) is 10.1 Å². The summed E-state index contributed by atoms with van der Waals surface area (Å²) >= 11 is 6.12. The van der Waals surface area contributed by atoms with Crippen LogP contribution < -0.4 is 5.32 Å². The second-order valence-electron chi connectivity index (χ2n) is 4.98. The Balaban J connectivity index is 2.28. The summed E-state index contributed by atoms with van der Waals surface area (Å²) in [5.74, 6) is 0. The lowest BCUT2D eigenvalue weighted by Gasteiger charge is -2.17. The summed E-state index contributed by atoms with van der Waals surface area (Å²) in [6.07, 6.45) is 0. The van der Waals surface area contributed by atoms with Crippen LogP contribution in [0.2, 0.25) is 5.02 Å². The third-order valence-corrected chi connectivity index (χ3v) is 3.68. The van der Waals surface area contributed by atoms with Crippen molar-refractivity contribution >= 4 is 23.0 Å². The SMILES string of the molecule is Cc1cc(NC(C)c2cccc(C#N)c2)c(Cl)cc1[N+](=O)[O-]. The van der Waals surface area contributed by atoms with Crippen LogP contribution in [0.25, 0.3) is 0 Å². The second kappa shape index (κ2) is 6.46. The van der Waals surface area contributed by atoms with Crippen molar-refractivity contribution in [2.75, 3.05) is 5.32 Å². The Morgan fingerprint density at radius 3 is 2.73 bits per heavy atom. The number of anilines is 1. The Morgan fingerprint density at radius 1 is 1.36 bits per heavy atom. The summed E-state index contributed by atoms with van der Waals surface area (Å²) in [4.78, 5) is 10.4. The molecule has 0 fully saturated rings. The van der Waals surface area contributed by atoms with Crippen LogP contribution in [0.1, 0.15) is 29.7 Å². The van der Waals surface area contributed by atoms with E-state index in [2.05, 4.69) is 11.4 Å². The normalized spacial score (nSPS) is 11.5. The number of nitrogens with zero attached hydrogens (tertiary/aromatic N) is 2. The summed E-state index contributed by atoms with van der Waals surface area (Å²) in [6.45, 7) is 3.60. The maximum atomic E-state index is 10.9. The lowest BCUT2D eigenvalue weighted by molar-refractivity contribution is -0.385. The van der Waals surface area contributed by atoms with Gasteiger partial charge in [0.05, 0.1) is 27.3 Å². The monoisotopic (exact) mass is 315 g/mol. The van der Waals surface area contributed by atoms with E-state index in [0.29, 0.717) is 21.8 Å². The van der Waals surface area contributed by atoms with Gasteiger partial charge in [0.25, 0.3) is 5.69 Å². The number of benzene rings is 2. The Kier molecular flexibility index (Phi) is 4.64. The number of nitro benzene ring substituents is 1. The smallest absolute Gasteiger partial charge is 0.273 e. The van der Waals surface area contributed by atoms with E-state index in [0.717, 1.165) is 5.56 Å². The van der Waals surface area contributed by atoms with Gasteiger partial charge in [0, 0.05) is 17.7 Å². The molecule has 0 amide bonds. The second-order valence-corrected chi connectivity index (χ2v) is 5.39. The van der Waals surface area contributed by atoms with Crippen LogP contribution in [0.15, 0.2) is 36.4 Å². The molecule has 1 N–H and O–H groups in total. The minimum absolute atomic E-state index is 0.00493. The minimum Gasteiger partial charge on any atom is -0.377 e. The van der Waals surface area contributed by atoms with E-state index >= 15 is 0 Å². The van der Waals surface area contributed by atoms with Crippen LogP contribution >= 0.6 is 11.6 Å². The Labute approximate surface area is 133 Å². The molecule has 2 rings (SSSR count). The van der Waals surface area contributed by atoms with Crippen LogP contribution in [0.4, 0.5) is 11.4 Å². The molecular formula is C16H14ClN3O2. The van der Waals surface area contributed by atoms with Crippen LogP contribution in [0, 0.1) is 28.4 Å². The zero-order chi connectivity index (χ0) is 16.3. The fourth-order valence-electron chi connectivity index (χ4n) is 2.17. The van der Waals surface area contributed by atoms with Crippen LogP contribution in [0.3, 0.4) is 0 Å². The Bertz CT molecular complexity index is 768. The van der Waals surface area contributed by atoms with Gasteiger partial charge in [-0.05, 0) is 37.6 Å². The first-order chi connectivity index (χ1) is 10.4. The molecule has 0 spiro atoms. The van der Waals surface area contributed by atoms with Crippen molar-refractivity contribution in [3.63, 3.8) is 0 Å². The quantitative estimate of drug-likeness (QED) is 0.660. The average Bonchev–Trinajstić information content (AvgIpc) is 2.50. The van der Waals surface area contributed by atoms with Crippen molar-refractivity contribution in [1.29, 1.82) is 5.26 Å². The molecular weight excluding hydrogens is 302 g/mol. The number of nitro groups is 1. The number of hydrogen-bond acceptors (Lipinski definition) is 4. The molecule has 0 saturated heterocycles. The van der Waals surface area contributed by atoms with Gasteiger partial charge in [0.2, 0.25) is 0 Å². The van der Waals surface area contributed by atoms with Gasteiger partial charge in [-0.25, -0.2) is 0 Å². The van der Waals surface area contributed by atoms with Gasteiger partial charge in [0.1, 0.15) is 0 Å². The van der Waals surface area contributed by atoms with Crippen molar-refractivity contribution < 1.29 is 4.92 Å².